The number of carbonyl (C=O) groups is 1. The summed E-state index contributed by atoms with van der Waals surface area (Å²) in [5.41, 5.74) is 0. The van der Waals surface area contributed by atoms with Crippen molar-refractivity contribution in [2.24, 2.45) is 11.8 Å². The van der Waals surface area contributed by atoms with Gasteiger partial charge in [-0.15, -0.1) is 0 Å². The predicted octanol–water partition coefficient (Wildman–Crippen LogP) is 3.74. The van der Waals surface area contributed by atoms with E-state index < -0.39 is 0 Å². The van der Waals surface area contributed by atoms with Gasteiger partial charge in [-0.2, -0.15) is 0 Å². The van der Waals surface area contributed by atoms with Gasteiger partial charge in [0.05, 0.1) is 6.10 Å². The van der Waals surface area contributed by atoms with Crippen LogP contribution < -0.4 is 0 Å². The zero-order valence-corrected chi connectivity index (χ0v) is 13.9. The van der Waals surface area contributed by atoms with Gasteiger partial charge in [-0.25, -0.2) is 0 Å². The Hall–Kier alpha value is -0.570. The van der Waals surface area contributed by atoms with Crippen LogP contribution in [0.1, 0.15) is 78.1 Å². The van der Waals surface area contributed by atoms with Crippen molar-refractivity contribution in [1.29, 1.82) is 0 Å². The van der Waals surface area contributed by atoms with Gasteiger partial charge in [0.2, 0.25) is 5.91 Å². The Kier molecular flexibility index (Phi) is 6.53. The van der Waals surface area contributed by atoms with Gasteiger partial charge in [-0.1, -0.05) is 26.2 Å². The lowest BCUT2D eigenvalue weighted by Gasteiger charge is -2.33. The zero-order valence-electron chi connectivity index (χ0n) is 13.9. The van der Waals surface area contributed by atoms with Crippen LogP contribution >= 0.6 is 0 Å². The quantitative estimate of drug-likeness (QED) is 0.811. The summed E-state index contributed by atoms with van der Waals surface area (Å²) in [6.07, 6.45) is 11.3. The molecule has 3 heteroatoms. The number of hydrogen-bond acceptors (Lipinski definition) is 2. The fourth-order valence-electron chi connectivity index (χ4n) is 4.19. The lowest BCUT2D eigenvalue weighted by atomic mass is 9.79. The molecule has 21 heavy (non-hydrogen) atoms. The lowest BCUT2D eigenvalue weighted by molar-refractivity contribution is -0.138. The third-order valence-corrected chi connectivity index (χ3v) is 5.44. The van der Waals surface area contributed by atoms with E-state index >= 15 is 0 Å². The molecule has 1 saturated heterocycles. The molecule has 1 aliphatic carbocycles. The number of likely N-dealkylation sites (tertiary alicyclic amines) is 1. The van der Waals surface area contributed by atoms with E-state index in [2.05, 4.69) is 11.8 Å². The first-order chi connectivity index (χ1) is 10.1. The SMILES string of the molecule is CCCCC1CCC(C(=O)N2CCCC2CC(C)O)CC1. The number of hydrogen-bond donors (Lipinski definition) is 1. The van der Waals surface area contributed by atoms with Crippen LogP contribution in [-0.4, -0.2) is 34.6 Å². The second kappa shape index (κ2) is 8.17. The second-order valence-electron chi connectivity index (χ2n) is 7.27. The van der Waals surface area contributed by atoms with Gasteiger partial charge in [0.25, 0.3) is 0 Å². The van der Waals surface area contributed by atoms with Crippen molar-refractivity contribution < 1.29 is 9.90 Å². The summed E-state index contributed by atoms with van der Waals surface area (Å²) >= 11 is 0. The minimum atomic E-state index is -0.298. The maximum atomic E-state index is 12.8. The van der Waals surface area contributed by atoms with Crippen LogP contribution in [0.25, 0.3) is 0 Å². The second-order valence-corrected chi connectivity index (χ2v) is 7.27. The van der Waals surface area contributed by atoms with Crippen LogP contribution in [0.5, 0.6) is 0 Å². The van der Waals surface area contributed by atoms with Gasteiger partial charge >= 0.3 is 0 Å². The van der Waals surface area contributed by atoms with E-state index in [0.717, 1.165) is 44.6 Å². The van der Waals surface area contributed by atoms with Crippen molar-refractivity contribution in [2.45, 2.75) is 90.2 Å². The highest BCUT2D eigenvalue weighted by atomic mass is 16.3. The standard InChI is InChI=1S/C18H33NO2/c1-3-4-6-15-8-10-16(11-9-15)18(21)19-12-5-7-17(19)13-14(2)20/h14-17,20H,3-13H2,1-2H3. The maximum absolute atomic E-state index is 12.8. The normalized spacial score (nSPS) is 31.4. The van der Waals surface area contributed by atoms with Crippen LogP contribution in [0.3, 0.4) is 0 Å². The Morgan fingerprint density at radius 3 is 2.57 bits per heavy atom. The van der Waals surface area contributed by atoms with Crippen molar-refractivity contribution in [1.82, 2.24) is 4.90 Å². The molecule has 0 bridgehead atoms. The highest BCUT2D eigenvalue weighted by Crippen LogP contribution is 2.34. The molecular weight excluding hydrogens is 262 g/mol. The van der Waals surface area contributed by atoms with Crippen molar-refractivity contribution >= 4 is 5.91 Å². The van der Waals surface area contributed by atoms with E-state index in [9.17, 15) is 9.90 Å². The molecule has 2 fully saturated rings. The molecule has 3 nitrogen and oxygen atoms in total. The number of aliphatic hydroxyl groups excluding tert-OH is 1. The Morgan fingerprint density at radius 1 is 1.24 bits per heavy atom. The molecule has 2 aliphatic rings. The van der Waals surface area contributed by atoms with Crippen LogP contribution in [0, 0.1) is 11.8 Å². The van der Waals surface area contributed by atoms with Gasteiger partial charge in [0.15, 0.2) is 0 Å². The summed E-state index contributed by atoms with van der Waals surface area (Å²) in [4.78, 5) is 14.8. The largest absolute Gasteiger partial charge is 0.393 e. The number of rotatable bonds is 6. The first-order valence-corrected chi connectivity index (χ1v) is 9.10. The average molecular weight is 295 g/mol. The Bertz CT molecular complexity index is 321. The van der Waals surface area contributed by atoms with Crippen molar-refractivity contribution in [2.75, 3.05) is 6.54 Å². The van der Waals surface area contributed by atoms with Gasteiger partial charge in [-0.05, 0) is 57.8 Å². The molecule has 0 aromatic heterocycles. The Labute approximate surface area is 130 Å². The molecule has 122 valence electrons. The molecule has 1 aliphatic heterocycles. The van der Waals surface area contributed by atoms with Gasteiger partial charge in [0, 0.05) is 18.5 Å². The zero-order chi connectivity index (χ0) is 15.2. The van der Waals surface area contributed by atoms with E-state index in [4.69, 9.17) is 0 Å². The highest BCUT2D eigenvalue weighted by molar-refractivity contribution is 5.79. The van der Waals surface area contributed by atoms with Crippen molar-refractivity contribution in [3.63, 3.8) is 0 Å². The molecule has 1 amide bonds. The molecule has 0 radical (unpaired) electrons. The number of carbonyl (C=O) groups excluding carboxylic acids is 1. The van der Waals surface area contributed by atoms with E-state index in [1.807, 2.05) is 6.92 Å². The number of unbranched alkanes of at least 4 members (excludes halogenated alkanes) is 1. The third kappa shape index (κ3) is 4.70. The van der Waals surface area contributed by atoms with Crippen molar-refractivity contribution in [3.8, 4) is 0 Å². The van der Waals surface area contributed by atoms with Crippen LogP contribution in [0.2, 0.25) is 0 Å². The molecule has 0 spiro atoms. The molecule has 1 N–H and O–H groups in total. The fraction of sp³-hybridized carbons (Fsp3) is 0.944. The third-order valence-electron chi connectivity index (χ3n) is 5.44. The summed E-state index contributed by atoms with van der Waals surface area (Å²) in [7, 11) is 0. The first kappa shape index (κ1) is 16.8. The predicted molar refractivity (Wildman–Crippen MR) is 86.0 cm³/mol. The van der Waals surface area contributed by atoms with Crippen LogP contribution in [0.15, 0.2) is 0 Å². The minimum Gasteiger partial charge on any atom is -0.393 e. The molecular formula is C18H33NO2. The number of amides is 1. The lowest BCUT2D eigenvalue weighted by Crippen LogP contribution is -2.41. The molecule has 0 aromatic rings. The molecule has 2 unspecified atom stereocenters. The molecule has 0 aromatic carbocycles. The van der Waals surface area contributed by atoms with Gasteiger partial charge in [0.1, 0.15) is 0 Å². The van der Waals surface area contributed by atoms with Crippen molar-refractivity contribution in [3.05, 3.63) is 0 Å². The minimum absolute atomic E-state index is 0.262. The maximum Gasteiger partial charge on any atom is 0.225 e. The van der Waals surface area contributed by atoms with Gasteiger partial charge in [-0.3, -0.25) is 4.79 Å². The topological polar surface area (TPSA) is 40.5 Å². The Morgan fingerprint density at radius 2 is 1.95 bits per heavy atom. The highest BCUT2D eigenvalue weighted by Gasteiger charge is 2.35. The molecule has 1 saturated carbocycles. The molecule has 2 atom stereocenters. The molecule has 2 rings (SSSR count). The van der Waals surface area contributed by atoms with E-state index in [1.165, 1.54) is 32.1 Å². The summed E-state index contributed by atoms with van der Waals surface area (Å²) in [5, 5.41) is 9.60. The van der Waals surface area contributed by atoms with E-state index in [-0.39, 0.29) is 18.1 Å². The summed E-state index contributed by atoms with van der Waals surface area (Å²) in [6.45, 7) is 5.00. The smallest absolute Gasteiger partial charge is 0.225 e. The number of nitrogens with zero attached hydrogens (tertiary/aromatic N) is 1. The fourth-order valence-corrected chi connectivity index (χ4v) is 4.19. The Balaban J connectivity index is 1.81. The van der Waals surface area contributed by atoms with E-state index in [0.29, 0.717) is 5.91 Å². The van der Waals surface area contributed by atoms with Crippen LogP contribution in [0.4, 0.5) is 0 Å². The summed E-state index contributed by atoms with van der Waals surface area (Å²) in [6, 6.07) is 0.287. The van der Waals surface area contributed by atoms with Crippen LogP contribution in [-0.2, 0) is 4.79 Å². The number of aliphatic hydroxyl groups is 1. The monoisotopic (exact) mass is 295 g/mol. The summed E-state index contributed by atoms with van der Waals surface area (Å²) < 4.78 is 0. The summed E-state index contributed by atoms with van der Waals surface area (Å²) in [5.74, 6) is 1.51. The van der Waals surface area contributed by atoms with E-state index in [1.54, 1.807) is 0 Å². The first-order valence-electron chi connectivity index (χ1n) is 9.10. The molecule has 1 heterocycles. The average Bonchev–Trinajstić information content (AvgIpc) is 2.92. The van der Waals surface area contributed by atoms with Gasteiger partial charge < -0.3 is 10.0 Å².